The molecule has 0 bridgehead atoms. The summed E-state index contributed by atoms with van der Waals surface area (Å²) in [5.74, 6) is -1.03. The molecule has 1 aromatic heterocycles. The molecule has 0 saturated carbocycles. The van der Waals surface area contributed by atoms with E-state index in [4.69, 9.17) is 4.74 Å². The molecule has 0 N–H and O–H groups in total. The Hall–Kier alpha value is -8.35. The van der Waals surface area contributed by atoms with Gasteiger partial charge in [0.05, 0.1) is 54.8 Å². The highest BCUT2D eigenvalue weighted by molar-refractivity contribution is 7.20. The second-order valence-electron chi connectivity index (χ2n) is 17.8. The number of hydrogen-bond acceptors (Lipinski definition) is 5. The predicted octanol–water partition coefficient (Wildman–Crippen LogP) is 13.6. The van der Waals surface area contributed by atoms with E-state index in [1.807, 2.05) is 12.1 Å². The van der Waals surface area contributed by atoms with Crippen molar-refractivity contribution < 1.29 is 129 Å². The number of alkyl halides is 24. The summed E-state index contributed by atoms with van der Waals surface area (Å²) in [6.45, 7) is -1.02. The zero-order valence-corrected chi connectivity index (χ0v) is 40.3. The van der Waals surface area contributed by atoms with Gasteiger partial charge in [-0.15, -0.1) is 0 Å². The minimum Gasteiger partial charge on any atom is -0.392 e. The largest absolute Gasteiger partial charge is 0.416 e. The summed E-state index contributed by atoms with van der Waals surface area (Å²) < 4.78 is 347. The molecule has 0 radical (unpaired) electrons. The Morgan fingerprint density at radius 3 is 1.00 bits per heavy atom. The number of Topliss-reactive ketones (excluding diaryl/α,β-unsaturated/α-hetero) is 1. The third-order valence-corrected chi connectivity index (χ3v) is 12.3. The van der Waals surface area contributed by atoms with Gasteiger partial charge in [-0.3, -0.25) is 14.9 Å². The number of aromatic nitrogens is 1. The van der Waals surface area contributed by atoms with E-state index in [2.05, 4.69) is 0 Å². The minimum absolute atomic E-state index is 0.0856. The van der Waals surface area contributed by atoms with Crippen molar-refractivity contribution in [3.63, 3.8) is 0 Å². The fraction of sp³-hybridized carbons (Fsp3) is 0.196. The van der Waals surface area contributed by atoms with Gasteiger partial charge in [-0.05, 0) is 35.7 Å². The van der Waals surface area contributed by atoms with Gasteiger partial charge in [-0.2, -0.15) is 132 Å². The van der Waals surface area contributed by atoms with Crippen LogP contribution in [0.2, 0.25) is 0 Å². The van der Waals surface area contributed by atoms with Gasteiger partial charge in [0.25, 0.3) is 5.69 Å². The van der Waals surface area contributed by atoms with Gasteiger partial charge in [-0.25, -0.2) is 4.79 Å². The number of carbonyl (C=O) groups is 2. The molecule has 0 aliphatic rings. The van der Waals surface area contributed by atoms with Gasteiger partial charge in [0, 0.05) is 11.6 Å². The smallest absolute Gasteiger partial charge is 0.392 e. The van der Waals surface area contributed by atoms with E-state index in [0.29, 0.717) is 10.9 Å². The number of rotatable bonds is 10. The van der Waals surface area contributed by atoms with Crippen LogP contribution in [0.25, 0.3) is 10.8 Å². The van der Waals surface area contributed by atoms with Gasteiger partial charge in [0.2, 0.25) is 12.3 Å². The SMILES string of the molecule is FC(F)(F)c1cc([B-](c2cc(C(F)(F)F)cc(C(F)(F)F)c2)(c2cc(C(F)(F)F)cc(C(F)(F)F)c2)c2cc(C(F)(F)F)cc(C(F)(F)F)c2)cc(C(F)(F)F)c1.O=C(C[n+]1ccc2ccccc2c1C(=O)OC[N+](=O)[O-])c1ccccc1. The van der Waals surface area contributed by atoms with Crippen LogP contribution < -0.4 is 26.4 Å². The number of benzene rings is 6. The van der Waals surface area contributed by atoms with Gasteiger partial charge in [0.15, 0.2) is 6.20 Å². The molecule has 32 heteroatoms. The molecule has 0 aliphatic carbocycles. The number of pyridine rings is 1. The maximum Gasteiger partial charge on any atom is 0.416 e. The third-order valence-electron chi connectivity index (χ3n) is 12.3. The lowest BCUT2D eigenvalue weighted by Crippen LogP contribution is -2.75. The molecule has 0 atom stereocenters. The summed E-state index contributed by atoms with van der Waals surface area (Å²) in [6, 6.07) is 8.74. The molecule has 6 aromatic carbocycles. The van der Waals surface area contributed by atoms with E-state index in [0.717, 1.165) is 5.39 Å². The molecule has 0 amide bonds. The van der Waals surface area contributed by atoms with Crippen LogP contribution in [-0.2, 0) is 60.7 Å². The van der Waals surface area contributed by atoms with E-state index >= 15 is 0 Å². The van der Waals surface area contributed by atoms with Crippen LogP contribution in [0.15, 0.2) is 140 Å². The first-order valence-corrected chi connectivity index (χ1v) is 22.5. The van der Waals surface area contributed by atoms with Crippen molar-refractivity contribution in [2.75, 3.05) is 6.73 Å². The zero-order valence-electron chi connectivity index (χ0n) is 40.3. The van der Waals surface area contributed by atoms with E-state index in [1.54, 1.807) is 54.7 Å². The first-order valence-electron chi connectivity index (χ1n) is 22.5. The highest BCUT2D eigenvalue weighted by Crippen LogP contribution is 2.41. The number of halogens is 24. The molecule has 0 aliphatic heterocycles. The first kappa shape index (κ1) is 63.8. The standard InChI is InChI=1S/C32H12BF24.C19H15N2O5/c34-25(35,36)13-1-14(26(37,38)39)6-21(5-13)33(22-7-15(27(40,41)42)2-16(8-22)28(43,44)45,23-9-17(29(46,47)48)3-18(10-23)30(49,50)51)24-11-19(31(52,53)54)4-20(12-24)32(55,56)57;22-17(15-7-2-1-3-8-15)12-20-11-10-14-6-4-5-9-16(14)18(20)19(23)26-13-21(24)25/h1-12H;1-11H,12-13H2/q-1;+1. The van der Waals surface area contributed by atoms with Gasteiger partial charge >= 0.3 is 62.1 Å². The van der Waals surface area contributed by atoms with Crippen LogP contribution in [0.4, 0.5) is 105 Å². The summed E-state index contributed by atoms with van der Waals surface area (Å²) in [7, 11) is 0. The maximum atomic E-state index is 14.2. The Kier molecular flexibility index (Phi) is 17.3. The van der Waals surface area contributed by atoms with Crippen molar-refractivity contribution in [2.24, 2.45) is 0 Å². The topological polar surface area (TPSA) is 90.4 Å². The molecule has 7 rings (SSSR count). The molecule has 7 aromatic rings. The van der Waals surface area contributed by atoms with E-state index in [9.17, 15) is 125 Å². The van der Waals surface area contributed by atoms with E-state index < -0.39 is 212 Å². The van der Waals surface area contributed by atoms with Crippen LogP contribution in [0.3, 0.4) is 0 Å². The van der Waals surface area contributed by atoms with Crippen LogP contribution in [0, 0.1) is 10.1 Å². The number of carbonyl (C=O) groups excluding carboxylic acids is 2. The Labute approximate surface area is 447 Å². The monoisotopic (exact) mass is 1210 g/mol. The lowest BCUT2D eigenvalue weighted by Gasteiger charge is -2.46. The molecule has 442 valence electrons. The summed E-state index contributed by atoms with van der Waals surface area (Å²) in [5.41, 5.74) is -29.6. The summed E-state index contributed by atoms with van der Waals surface area (Å²) in [4.78, 5) is 34.7. The minimum atomic E-state index is -6.13. The molecule has 83 heavy (non-hydrogen) atoms. The van der Waals surface area contributed by atoms with Crippen molar-refractivity contribution in [1.29, 1.82) is 0 Å². The highest BCUT2D eigenvalue weighted by atomic mass is 19.4. The van der Waals surface area contributed by atoms with Crippen molar-refractivity contribution in [1.82, 2.24) is 0 Å². The quantitative estimate of drug-likeness (QED) is 0.0199. The summed E-state index contributed by atoms with van der Waals surface area (Å²) >= 11 is 0. The Balaban J connectivity index is 0.000000352. The van der Waals surface area contributed by atoms with Gasteiger partial charge in [-0.1, -0.05) is 97.1 Å². The summed E-state index contributed by atoms with van der Waals surface area (Å²) in [5, 5.41) is 11.8. The van der Waals surface area contributed by atoms with Crippen LogP contribution in [0.5, 0.6) is 0 Å². The van der Waals surface area contributed by atoms with Crippen LogP contribution in [-0.4, -0.2) is 29.6 Å². The molecule has 0 fully saturated rings. The molecule has 7 nitrogen and oxygen atoms in total. The Bertz CT molecular complexity index is 3150. The Morgan fingerprint density at radius 1 is 0.422 bits per heavy atom. The number of esters is 1. The fourth-order valence-electron chi connectivity index (χ4n) is 8.74. The molecule has 1 heterocycles. The van der Waals surface area contributed by atoms with Gasteiger partial charge in [0.1, 0.15) is 6.15 Å². The number of ketones is 1. The van der Waals surface area contributed by atoms with Gasteiger partial charge < -0.3 is 4.74 Å². The summed E-state index contributed by atoms with van der Waals surface area (Å²) in [6.07, 6.45) is -53.2. The Morgan fingerprint density at radius 2 is 0.711 bits per heavy atom. The number of fused-ring (bicyclic) bond motifs is 1. The molecule has 0 unspecified atom stereocenters. The predicted molar refractivity (Wildman–Crippen MR) is 242 cm³/mol. The van der Waals surface area contributed by atoms with Crippen molar-refractivity contribution in [2.45, 2.75) is 56.0 Å². The second kappa shape index (κ2) is 22.4. The zero-order chi connectivity index (χ0) is 62.4. The first-order chi connectivity index (χ1) is 37.8. The third kappa shape index (κ3) is 14.7. The normalized spacial score (nSPS) is 13.1. The lowest BCUT2D eigenvalue weighted by molar-refractivity contribution is -0.684. The molecule has 0 spiro atoms. The molecular weight excluding hydrogens is 1190 g/mol. The van der Waals surface area contributed by atoms with Crippen molar-refractivity contribution >= 4 is 50.5 Å². The number of nitro groups is 1. The number of hydrogen-bond donors (Lipinski definition) is 0. The molecule has 0 saturated heterocycles. The average Bonchev–Trinajstić information content (AvgIpc) is 1.16. The average molecular weight is 1210 g/mol. The van der Waals surface area contributed by atoms with E-state index in [-0.39, 0.29) is 18.0 Å². The van der Waals surface area contributed by atoms with E-state index in [1.165, 1.54) is 4.57 Å². The van der Waals surface area contributed by atoms with Crippen LogP contribution >= 0.6 is 0 Å². The fourth-order valence-corrected chi connectivity index (χ4v) is 8.74. The lowest BCUT2D eigenvalue weighted by atomic mass is 9.12. The molecular formula is C51H27BF24N2O5. The van der Waals surface area contributed by atoms with Crippen molar-refractivity contribution in [3.05, 3.63) is 206 Å². The second-order valence-corrected chi connectivity index (χ2v) is 17.8. The number of ether oxygens (including phenoxy) is 1. The number of nitrogens with zero attached hydrogens (tertiary/aromatic N) is 2. The van der Waals surface area contributed by atoms with Crippen LogP contribution in [0.1, 0.15) is 65.4 Å². The maximum absolute atomic E-state index is 14.2. The highest BCUT2D eigenvalue weighted by Gasteiger charge is 2.47. The van der Waals surface area contributed by atoms with Crippen molar-refractivity contribution in [3.8, 4) is 0 Å².